The zero-order valence-corrected chi connectivity index (χ0v) is 34.3. The van der Waals surface area contributed by atoms with Gasteiger partial charge in [-0.25, -0.2) is 19.2 Å². The molecule has 8 rings (SSSR count). The smallest absolute Gasteiger partial charge is 0.423 e. The molecule has 2 unspecified atom stereocenters. The number of aromatic amines is 1. The summed E-state index contributed by atoms with van der Waals surface area (Å²) in [6.07, 6.45) is 0.762. The third-order valence-corrected chi connectivity index (χ3v) is 10.5. The van der Waals surface area contributed by atoms with Gasteiger partial charge in [0.05, 0.1) is 35.2 Å². The van der Waals surface area contributed by atoms with Gasteiger partial charge in [0.25, 0.3) is 0 Å². The van der Waals surface area contributed by atoms with Gasteiger partial charge < -0.3 is 24.7 Å². The lowest BCUT2D eigenvalue weighted by atomic mass is 9.97. The fourth-order valence-electron chi connectivity index (χ4n) is 7.95. The first-order valence-electron chi connectivity index (χ1n) is 20.1. The topological polar surface area (TPSA) is 133 Å². The number of carbonyl (C=O) groups excluding carboxylic acids is 2. The lowest BCUT2D eigenvalue weighted by molar-refractivity contribution is 0.0292. The highest BCUT2D eigenvalue weighted by Gasteiger charge is 2.34. The minimum Gasteiger partial charge on any atom is -0.444 e. The Balaban J connectivity index is 0.000000197. The van der Waals surface area contributed by atoms with E-state index in [1.54, 1.807) is 30.2 Å². The maximum absolute atomic E-state index is 13.7. The summed E-state index contributed by atoms with van der Waals surface area (Å²) in [4.78, 5) is 56.8. The molecular weight excluding hydrogens is 733 g/mol. The van der Waals surface area contributed by atoms with Crippen molar-refractivity contribution in [2.45, 2.75) is 90.5 Å². The van der Waals surface area contributed by atoms with Gasteiger partial charge in [-0.05, 0) is 101 Å². The molecule has 0 aliphatic carbocycles. The number of para-hydroxylation sites is 2. The molecule has 6 aromatic rings. The number of likely N-dealkylation sites (tertiary alicyclic amines) is 1. The minimum atomic E-state index is -0.764. The van der Waals surface area contributed by atoms with Crippen LogP contribution in [0.15, 0.2) is 107 Å². The van der Waals surface area contributed by atoms with E-state index in [1.165, 1.54) is 5.56 Å². The Labute approximate surface area is 338 Å². The molecule has 12 nitrogen and oxygen atoms in total. The monoisotopic (exact) mass is 786 g/mol. The van der Waals surface area contributed by atoms with Crippen LogP contribution in [0, 0.1) is 0 Å². The number of carbonyl (C=O) groups is 2. The maximum atomic E-state index is 13.7. The summed E-state index contributed by atoms with van der Waals surface area (Å²) in [5.74, 6) is 0.439. The number of H-pyrrole nitrogens is 1. The molecule has 2 fully saturated rings. The van der Waals surface area contributed by atoms with Crippen molar-refractivity contribution < 1.29 is 19.1 Å². The van der Waals surface area contributed by atoms with E-state index >= 15 is 0 Å². The van der Waals surface area contributed by atoms with Crippen LogP contribution >= 0.6 is 0 Å². The summed E-state index contributed by atoms with van der Waals surface area (Å²) < 4.78 is 15.8. The number of aromatic nitrogens is 4. The SMILES string of the molecule is CC(C)(C)OC(=O)N1CCC(c2cccc3c2n(C(=O)OC(C)(C)C)c(=O)n3Cc2ccccc2)C1.O=c1[nH]c2c(C3CCNC3)cccc2n1Cc1ccccc1. The molecule has 2 N–H and O–H groups in total. The fourth-order valence-corrected chi connectivity index (χ4v) is 7.95. The molecule has 4 aromatic carbocycles. The van der Waals surface area contributed by atoms with Crippen LogP contribution in [0.1, 0.15) is 88.5 Å². The van der Waals surface area contributed by atoms with Crippen LogP contribution in [0.5, 0.6) is 0 Å². The predicted molar refractivity (Wildman–Crippen MR) is 227 cm³/mol. The second kappa shape index (κ2) is 16.5. The zero-order valence-electron chi connectivity index (χ0n) is 34.3. The Morgan fingerprint density at radius 3 is 1.86 bits per heavy atom. The molecule has 2 aromatic heterocycles. The molecule has 0 radical (unpaired) electrons. The van der Waals surface area contributed by atoms with E-state index in [-0.39, 0.29) is 17.7 Å². The molecule has 4 heterocycles. The summed E-state index contributed by atoms with van der Waals surface area (Å²) >= 11 is 0. The molecule has 58 heavy (non-hydrogen) atoms. The highest BCUT2D eigenvalue weighted by Crippen LogP contribution is 2.34. The summed E-state index contributed by atoms with van der Waals surface area (Å²) in [7, 11) is 0. The molecule has 0 spiro atoms. The van der Waals surface area contributed by atoms with E-state index < -0.39 is 23.0 Å². The van der Waals surface area contributed by atoms with Gasteiger partial charge in [0, 0.05) is 25.6 Å². The van der Waals surface area contributed by atoms with Gasteiger partial charge >= 0.3 is 23.6 Å². The number of rotatable bonds is 6. The molecule has 2 saturated heterocycles. The number of fused-ring (bicyclic) bond motifs is 2. The van der Waals surface area contributed by atoms with Crippen LogP contribution in [-0.4, -0.2) is 73.2 Å². The zero-order chi connectivity index (χ0) is 41.2. The van der Waals surface area contributed by atoms with Crippen molar-refractivity contribution >= 4 is 34.3 Å². The number of amides is 1. The van der Waals surface area contributed by atoms with Gasteiger partial charge in [-0.2, -0.15) is 4.57 Å². The van der Waals surface area contributed by atoms with E-state index in [0.717, 1.165) is 51.8 Å². The Hall–Kier alpha value is -5.88. The molecule has 1 amide bonds. The Bertz CT molecular complexity index is 2510. The molecule has 2 atom stereocenters. The van der Waals surface area contributed by atoms with E-state index in [2.05, 4.69) is 34.6 Å². The first-order valence-corrected chi connectivity index (χ1v) is 20.1. The third-order valence-electron chi connectivity index (χ3n) is 10.5. The quantitative estimate of drug-likeness (QED) is 0.176. The first-order chi connectivity index (χ1) is 27.7. The number of nitrogens with one attached hydrogen (secondary N) is 2. The third kappa shape index (κ3) is 8.97. The van der Waals surface area contributed by atoms with Crippen LogP contribution in [0.4, 0.5) is 9.59 Å². The molecule has 0 bridgehead atoms. The largest absolute Gasteiger partial charge is 0.444 e. The van der Waals surface area contributed by atoms with E-state index in [1.807, 2.05) is 98.1 Å². The van der Waals surface area contributed by atoms with Gasteiger partial charge in [0.15, 0.2) is 0 Å². The van der Waals surface area contributed by atoms with Crippen LogP contribution < -0.4 is 16.7 Å². The lowest BCUT2D eigenvalue weighted by Gasteiger charge is -2.24. The minimum absolute atomic E-state index is 0.0303. The summed E-state index contributed by atoms with van der Waals surface area (Å²) in [6.45, 7) is 14.8. The standard InChI is InChI=1S/C28H35N3O5.C18H19N3O/c1-27(2,3)35-25(33)29-16-15-20(18-29)21-13-10-14-22-23(21)31(26(34)36-28(4,5)6)24(32)30(22)17-19-11-8-7-9-12-19;22-18-20-17-15(14-9-10-19-11-14)7-4-8-16(17)21(18)12-13-5-2-1-3-6-13/h7-14,20H,15-18H2,1-6H3;1-8,14,19H,9-12H2,(H,20,22). The Kier molecular flexibility index (Phi) is 11.5. The second-order valence-corrected chi connectivity index (χ2v) is 17.2. The summed E-state index contributed by atoms with van der Waals surface area (Å²) in [5.41, 5.74) is 5.54. The lowest BCUT2D eigenvalue weighted by Crippen LogP contribution is -2.35. The predicted octanol–water partition coefficient (Wildman–Crippen LogP) is 7.81. The van der Waals surface area contributed by atoms with Crippen LogP contribution in [0.3, 0.4) is 0 Å². The number of imidazole rings is 2. The van der Waals surface area contributed by atoms with Gasteiger partial charge in [-0.15, -0.1) is 0 Å². The number of hydrogen-bond acceptors (Lipinski definition) is 7. The Morgan fingerprint density at radius 2 is 1.26 bits per heavy atom. The van der Waals surface area contributed by atoms with Crippen LogP contribution in [-0.2, 0) is 22.6 Å². The average molecular weight is 787 g/mol. The molecule has 2 aliphatic rings. The van der Waals surface area contributed by atoms with E-state index in [0.29, 0.717) is 49.6 Å². The normalized spacial score (nSPS) is 17.0. The average Bonchev–Trinajstić information content (AvgIpc) is 3.99. The highest BCUT2D eigenvalue weighted by molar-refractivity contribution is 5.90. The first kappa shape index (κ1) is 40.3. The van der Waals surface area contributed by atoms with E-state index in [9.17, 15) is 19.2 Å². The number of benzene rings is 4. The van der Waals surface area contributed by atoms with Gasteiger partial charge in [0.2, 0.25) is 0 Å². The highest BCUT2D eigenvalue weighted by atomic mass is 16.6. The number of hydrogen-bond donors (Lipinski definition) is 2. The summed E-state index contributed by atoms with van der Waals surface area (Å²) in [5, 5.41) is 3.40. The Morgan fingerprint density at radius 1 is 0.672 bits per heavy atom. The van der Waals surface area contributed by atoms with Gasteiger partial charge in [-0.3, -0.25) is 9.13 Å². The number of nitrogens with zero attached hydrogens (tertiary/aromatic N) is 4. The van der Waals surface area contributed by atoms with Crippen molar-refractivity contribution in [3.8, 4) is 0 Å². The van der Waals surface area contributed by atoms with Crippen LogP contribution in [0.25, 0.3) is 22.1 Å². The van der Waals surface area contributed by atoms with Crippen molar-refractivity contribution in [3.63, 3.8) is 0 Å². The number of ether oxygens (including phenoxy) is 2. The fraction of sp³-hybridized carbons (Fsp3) is 0.391. The van der Waals surface area contributed by atoms with Crippen molar-refractivity contribution in [1.29, 1.82) is 0 Å². The molecule has 2 aliphatic heterocycles. The van der Waals surface area contributed by atoms with Gasteiger partial charge in [-0.1, -0.05) is 84.9 Å². The maximum Gasteiger partial charge on any atom is 0.423 e. The van der Waals surface area contributed by atoms with E-state index in [4.69, 9.17) is 9.47 Å². The van der Waals surface area contributed by atoms with Crippen LogP contribution in [0.2, 0.25) is 0 Å². The molecule has 12 heteroatoms. The second-order valence-electron chi connectivity index (χ2n) is 17.2. The van der Waals surface area contributed by atoms with Crippen molar-refractivity contribution in [1.82, 2.24) is 28.9 Å². The van der Waals surface area contributed by atoms with Crippen molar-refractivity contribution in [2.75, 3.05) is 26.2 Å². The van der Waals surface area contributed by atoms with Crippen molar-refractivity contribution in [3.05, 3.63) is 140 Å². The molecule has 0 saturated carbocycles. The van der Waals surface area contributed by atoms with Crippen molar-refractivity contribution in [2.24, 2.45) is 0 Å². The molecular formula is C46H54N6O6. The molecule has 304 valence electrons. The summed E-state index contributed by atoms with van der Waals surface area (Å²) in [6, 6.07) is 31.7. The van der Waals surface area contributed by atoms with Gasteiger partial charge in [0.1, 0.15) is 11.2 Å².